The largest absolute Gasteiger partial charge is 0.408 e. The van der Waals surface area contributed by atoms with E-state index in [0.717, 1.165) is 44.6 Å². The highest BCUT2D eigenvalue weighted by molar-refractivity contribution is 5.63. The van der Waals surface area contributed by atoms with Gasteiger partial charge in [-0.05, 0) is 50.7 Å². The highest BCUT2D eigenvalue weighted by atomic mass is 19.4. The monoisotopic (exact) mass is 385 g/mol. The van der Waals surface area contributed by atoms with E-state index in [4.69, 9.17) is 0 Å². The van der Waals surface area contributed by atoms with Crippen molar-refractivity contribution in [3.8, 4) is 0 Å². The van der Waals surface area contributed by atoms with Crippen LogP contribution < -0.4 is 10.6 Å². The van der Waals surface area contributed by atoms with Crippen molar-refractivity contribution in [1.29, 1.82) is 0 Å². The first-order chi connectivity index (χ1) is 12.8. The maximum absolute atomic E-state index is 12.9. The fourth-order valence-electron chi connectivity index (χ4n) is 3.44. The minimum absolute atomic E-state index is 0.107. The first-order valence-electron chi connectivity index (χ1n) is 9.56. The number of aromatic nitrogens is 3. The molecule has 6 nitrogen and oxygen atoms in total. The number of alkyl halides is 3. The summed E-state index contributed by atoms with van der Waals surface area (Å²) in [5.74, 6) is 0.493. The lowest BCUT2D eigenvalue weighted by Crippen LogP contribution is -2.34. The lowest BCUT2D eigenvalue weighted by Gasteiger charge is -2.24. The molecule has 9 heteroatoms. The normalized spacial score (nSPS) is 22.9. The van der Waals surface area contributed by atoms with E-state index < -0.39 is 18.3 Å². The van der Waals surface area contributed by atoms with Crippen LogP contribution in [0.4, 0.5) is 25.1 Å². The van der Waals surface area contributed by atoms with Crippen LogP contribution in [0, 0.1) is 0 Å². The van der Waals surface area contributed by atoms with Gasteiger partial charge in [-0.2, -0.15) is 28.1 Å². The van der Waals surface area contributed by atoms with Gasteiger partial charge >= 0.3 is 6.18 Å². The second-order valence-electron chi connectivity index (χ2n) is 7.34. The molecule has 3 rings (SSSR count). The molecule has 1 saturated carbocycles. The molecule has 1 heterocycles. The summed E-state index contributed by atoms with van der Waals surface area (Å²) in [7, 11) is 0. The van der Waals surface area contributed by atoms with Crippen LogP contribution in [0.5, 0.6) is 0 Å². The Kier molecular flexibility index (Phi) is 6.18. The minimum Gasteiger partial charge on any atom is -0.389 e. The zero-order valence-electron chi connectivity index (χ0n) is 15.4. The van der Waals surface area contributed by atoms with E-state index in [1.165, 1.54) is 6.42 Å². The molecule has 27 heavy (non-hydrogen) atoms. The molecule has 1 aromatic rings. The van der Waals surface area contributed by atoms with E-state index >= 15 is 0 Å². The molecule has 0 bridgehead atoms. The number of aliphatic hydroxyl groups excluding tert-OH is 1. The summed E-state index contributed by atoms with van der Waals surface area (Å²) in [6, 6.07) is -1.56. The number of nitrogens with zero attached hydrogens (tertiary/aromatic N) is 3. The van der Waals surface area contributed by atoms with Gasteiger partial charge in [-0.25, -0.2) is 0 Å². The van der Waals surface area contributed by atoms with Gasteiger partial charge < -0.3 is 15.7 Å². The summed E-state index contributed by atoms with van der Waals surface area (Å²) < 4.78 is 38.8. The molecule has 150 valence electrons. The molecule has 3 N–H and O–H groups in total. The van der Waals surface area contributed by atoms with Crippen molar-refractivity contribution in [2.24, 2.45) is 0 Å². The Morgan fingerprint density at radius 3 is 2.41 bits per heavy atom. The molecule has 1 fully saturated rings. The number of nitrogens with one attached hydrogen (secondary N) is 2. The topological polar surface area (TPSA) is 83.0 Å². The Hall–Kier alpha value is -1.90. The number of anilines is 2. The number of halogens is 3. The quantitative estimate of drug-likeness (QED) is 0.713. The summed E-state index contributed by atoms with van der Waals surface area (Å²) in [6.45, 7) is 1.03. The fourth-order valence-corrected chi connectivity index (χ4v) is 3.44. The summed E-state index contributed by atoms with van der Waals surface area (Å²) in [5.41, 5.74) is 0.741. The molecular formula is C18H26F3N5O. The molecule has 0 aromatic carbocycles. The first kappa shape index (κ1) is 19.9. The molecule has 0 radical (unpaired) electrons. The van der Waals surface area contributed by atoms with Crippen LogP contribution >= 0.6 is 0 Å². The fraction of sp³-hybridized carbons (Fsp3) is 0.722. The molecule has 1 aromatic heterocycles. The molecule has 2 aliphatic carbocycles. The second-order valence-corrected chi connectivity index (χ2v) is 7.34. The third-order valence-corrected chi connectivity index (χ3v) is 5.04. The van der Waals surface area contributed by atoms with Crippen LogP contribution in [0.15, 0.2) is 6.08 Å². The van der Waals surface area contributed by atoms with Crippen molar-refractivity contribution >= 4 is 17.5 Å². The van der Waals surface area contributed by atoms with Gasteiger partial charge in [0, 0.05) is 6.04 Å². The van der Waals surface area contributed by atoms with Crippen molar-refractivity contribution in [3.63, 3.8) is 0 Å². The van der Waals surface area contributed by atoms with Gasteiger partial charge in [0.2, 0.25) is 11.9 Å². The SMILES string of the molecule is CC(Nc1nc(NC2CCCCC2)nc(C2=CC(O)CCC2)n1)C(F)(F)F. The van der Waals surface area contributed by atoms with Gasteiger partial charge in [-0.15, -0.1) is 0 Å². The number of hydrogen-bond acceptors (Lipinski definition) is 6. The van der Waals surface area contributed by atoms with Crippen LogP contribution in [-0.4, -0.2) is 44.4 Å². The lowest BCUT2D eigenvalue weighted by atomic mass is 9.96. The van der Waals surface area contributed by atoms with Crippen molar-refractivity contribution in [1.82, 2.24) is 15.0 Å². The zero-order chi connectivity index (χ0) is 19.4. The molecule has 0 spiro atoms. The first-order valence-corrected chi connectivity index (χ1v) is 9.56. The Labute approximate surface area is 156 Å². The molecule has 0 saturated heterocycles. The van der Waals surface area contributed by atoms with Crippen molar-refractivity contribution < 1.29 is 18.3 Å². The highest BCUT2D eigenvalue weighted by Crippen LogP contribution is 2.28. The number of allylic oxidation sites excluding steroid dienone is 1. The van der Waals surface area contributed by atoms with Crippen molar-refractivity contribution in [2.75, 3.05) is 10.6 Å². The minimum atomic E-state index is -4.40. The summed E-state index contributed by atoms with van der Waals surface area (Å²) in [5, 5.41) is 15.4. The molecule has 0 amide bonds. The average Bonchev–Trinajstić information content (AvgIpc) is 2.61. The molecular weight excluding hydrogens is 359 g/mol. The average molecular weight is 385 g/mol. The van der Waals surface area contributed by atoms with E-state index in [2.05, 4.69) is 25.6 Å². The van der Waals surface area contributed by atoms with Crippen LogP contribution in [0.25, 0.3) is 5.57 Å². The van der Waals surface area contributed by atoms with Crippen LogP contribution in [-0.2, 0) is 0 Å². The molecule has 0 aliphatic heterocycles. The van der Waals surface area contributed by atoms with Gasteiger partial charge in [0.25, 0.3) is 0 Å². The summed E-state index contributed by atoms with van der Waals surface area (Å²) in [4.78, 5) is 12.8. The molecule has 2 aliphatic rings. The number of aliphatic hydroxyl groups is 1. The van der Waals surface area contributed by atoms with Crippen LogP contribution in [0.3, 0.4) is 0 Å². The third kappa shape index (κ3) is 5.54. The Balaban J connectivity index is 1.87. The second kappa shape index (κ2) is 8.41. The Bertz CT molecular complexity index is 673. The smallest absolute Gasteiger partial charge is 0.389 e. The Morgan fingerprint density at radius 1 is 1.04 bits per heavy atom. The van der Waals surface area contributed by atoms with E-state index in [-0.39, 0.29) is 17.9 Å². The van der Waals surface area contributed by atoms with Gasteiger partial charge in [0.15, 0.2) is 5.82 Å². The van der Waals surface area contributed by atoms with Gasteiger partial charge in [-0.1, -0.05) is 19.3 Å². The van der Waals surface area contributed by atoms with Crippen molar-refractivity contribution in [3.05, 3.63) is 11.9 Å². The maximum atomic E-state index is 12.9. The van der Waals surface area contributed by atoms with Gasteiger partial charge in [-0.3, -0.25) is 0 Å². The molecule has 2 unspecified atom stereocenters. The number of hydrogen-bond donors (Lipinski definition) is 3. The maximum Gasteiger partial charge on any atom is 0.408 e. The highest BCUT2D eigenvalue weighted by Gasteiger charge is 2.36. The summed E-state index contributed by atoms with van der Waals surface area (Å²) in [6.07, 6.45) is 4.24. The van der Waals surface area contributed by atoms with Crippen LogP contribution in [0.2, 0.25) is 0 Å². The van der Waals surface area contributed by atoms with Crippen LogP contribution in [0.1, 0.15) is 64.1 Å². The Morgan fingerprint density at radius 2 is 1.74 bits per heavy atom. The van der Waals surface area contributed by atoms with E-state index in [1.54, 1.807) is 6.08 Å². The van der Waals surface area contributed by atoms with Gasteiger partial charge in [0.05, 0.1) is 6.10 Å². The molecule has 2 atom stereocenters. The predicted molar refractivity (Wildman–Crippen MR) is 97.3 cm³/mol. The predicted octanol–water partition coefficient (Wildman–Crippen LogP) is 3.91. The zero-order valence-corrected chi connectivity index (χ0v) is 15.4. The van der Waals surface area contributed by atoms with Crippen molar-refractivity contribution in [2.45, 2.75) is 82.7 Å². The van der Waals surface area contributed by atoms with E-state index in [1.807, 2.05) is 0 Å². The van der Waals surface area contributed by atoms with E-state index in [9.17, 15) is 18.3 Å². The summed E-state index contributed by atoms with van der Waals surface area (Å²) >= 11 is 0. The number of rotatable bonds is 5. The standard InChI is InChI=1S/C18H26F3N5O/c1-11(18(19,20)21)22-16-24-15(12-6-5-9-14(27)10-12)25-17(26-16)23-13-7-3-2-4-8-13/h10-11,13-14,27H,2-9H2,1H3,(H2,22,23,24,25,26). The van der Waals surface area contributed by atoms with E-state index in [0.29, 0.717) is 18.7 Å². The third-order valence-electron chi connectivity index (χ3n) is 5.04. The lowest BCUT2D eigenvalue weighted by molar-refractivity contribution is -0.138. The van der Waals surface area contributed by atoms with Gasteiger partial charge in [0.1, 0.15) is 6.04 Å².